The fourth-order valence-corrected chi connectivity index (χ4v) is 3.57. The Morgan fingerprint density at radius 1 is 1.17 bits per heavy atom. The molecule has 126 valence electrons. The van der Waals surface area contributed by atoms with E-state index in [0.717, 1.165) is 56.3 Å². The highest BCUT2D eigenvalue weighted by Crippen LogP contribution is 2.27. The van der Waals surface area contributed by atoms with Crippen LogP contribution in [0.4, 0.5) is 11.5 Å². The first kappa shape index (κ1) is 15.2. The first-order valence-corrected chi connectivity index (χ1v) is 8.58. The Bertz CT molecular complexity index is 733. The second-order valence-corrected chi connectivity index (χ2v) is 6.60. The molecule has 6 nitrogen and oxygen atoms in total. The van der Waals surface area contributed by atoms with Crippen LogP contribution >= 0.6 is 0 Å². The molecular formula is C18H23N5O. The first-order valence-electron chi connectivity index (χ1n) is 8.58. The van der Waals surface area contributed by atoms with Crippen molar-refractivity contribution in [3.05, 3.63) is 41.6 Å². The fraction of sp³-hybridized carbons (Fsp3) is 0.444. The molecule has 2 aliphatic rings. The highest BCUT2D eigenvalue weighted by molar-refractivity contribution is 5.96. The zero-order chi connectivity index (χ0) is 16.5. The summed E-state index contributed by atoms with van der Waals surface area (Å²) in [7, 11) is 0. The van der Waals surface area contributed by atoms with Gasteiger partial charge in [0, 0.05) is 50.2 Å². The maximum Gasteiger partial charge on any atom is 0.241 e. The van der Waals surface area contributed by atoms with Crippen LogP contribution in [0.15, 0.2) is 30.3 Å². The molecule has 0 radical (unpaired) electrons. The van der Waals surface area contributed by atoms with E-state index >= 15 is 0 Å². The van der Waals surface area contributed by atoms with E-state index in [1.807, 2.05) is 24.0 Å². The van der Waals surface area contributed by atoms with Crippen molar-refractivity contribution in [1.82, 2.24) is 15.1 Å². The van der Waals surface area contributed by atoms with Gasteiger partial charge in [-0.3, -0.25) is 14.8 Å². The van der Waals surface area contributed by atoms with Gasteiger partial charge in [0.2, 0.25) is 5.91 Å². The van der Waals surface area contributed by atoms with E-state index in [1.54, 1.807) is 0 Å². The van der Waals surface area contributed by atoms with Gasteiger partial charge in [0.15, 0.2) is 5.82 Å². The maximum atomic E-state index is 12.7. The van der Waals surface area contributed by atoms with Crippen LogP contribution in [0.25, 0.3) is 0 Å². The number of carbonyl (C=O) groups is 1. The lowest BCUT2D eigenvalue weighted by Gasteiger charge is -2.35. The van der Waals surface area contributed by atoms with Crippen molar-refractivity contribution in [1.29, 1.82) is 0 Å². The second kappa shape index (κ2) is 6.28. The summed E-state index contributed by atoms with van der Waals surface area (Å²) in [5, 5.41) is 7.31. The summed E-state index contributed by atoms with van der Waals surface area (Å²) < 4.78 is 0. The molecule has 1 aromatic carbocycles. The van der Waals surface area contributed by atoms with Crippen LogP contribution in [0, 0.1) is 6.92 Å². The molecule has 0 bridgehead atoms. The zero-order valence-electron chi connectivity index (χ0n) is 14.0. The molecule has 1 saturated heterocycles. The minimum Gasteiger partial charge on any atom is -0.353 e. The number of fused-ring (bicyclic) bond motifs is 1. The number of H-pyrrole nitrogens is 1. The number of nitrogens with one attached hydrogen (secondary N) is 1. The van der Waals surface area contributed by atoms with Crippen molar-refractivity contribution in [2.24, 2.45) is 0 Å². The van der Waals surface area contributed by atoms with Gasteiger partial charge in [0.25, 0.3) is 0 Å². The summed E-state index contributed by atoms with van der Waals surface area (Å²) in [6.45, 7) is 6.94. The van der Waals surface area contributed by atoms with Gasteiger partial charge in [-0.15, -0.1) is 0 Å². The number of aromatic amines is 1. The number of aromatic nitrogens is 2. The molecule has 3 heterocycles. The molecule has 0 unspecified atom stereocenters. The number of hydrogen-bond acceptors (Lipinski definition) is 4. The highest BCUT2D eigenvalue weighted by Gasteiger charge is 2.27. The standard InChI is InChI=1S/C18H23N5O/c1-14-12-17(20-19-14)22-10-8-21(9-11-22)13-18(24)23-7-6-15-4-2-3-5-16(15)23/h2-5,12H,6-11,13H2,1H3,(H,19,20). The number of nitrogens with zero attached hydrogens (tertiary/aromatic N) is 4. The summed E-state index contributed by atoms with van der Waals surface area (Å²) in [5.74, 6) is 1.22. The molecule has 24 heavy (non-hydrogen) atoms. The molecule has 1 amide bonds. The largest absolute Gasteiger partial charge is 0.353 e. The predicted octanol–water partition coefficient (Wildman–Crippen LogP) is 1.43. The number of para-hydroxylation sites is 1. The Morgan fingerprint density at radius 3 is 2.71 bits per heavy atom. The topological polar surface area (TPSA) is 55.5 Å². The molecule has 0 spiro atoms. The quantitative estimate of drug-likeness (QED) is 0.927. The lowest BCUT2D eigenvalue weighted by Crippen LogP contribution is -2.50. The SMILES string of the molecule is Cc1cc(N2CCN(CC(=O)N3CCc4ccccc43)CC2)n[nH]1. The van der Waals surface area contributed by atoms with Gasteiger partial charge in [0.1, 0.15) is 0 Å². The Labute approximate surface area is 142 Å². The summed E-state index contributed by atoms with van der Waals surface area (Å²) in [5.41, 5.74) is 3.45. The molecule has 6 heteroatoms. The van der Waals surface area contributed by atoms with E-state index in [0.29, 0.717) is 6.54 Å². The molecule has 0 saturated carbocycles. The van der Waals surface area contributed by atoms with E-state index in [9.17, 15) is 4.79 Å². The molecule has 1 fully saturated rings. The van der Waals surface area contributed by atoms with Gasteiger partial charge >= 0.3 is 0 Å². The average molecular weight is 325 g/mol. The lowest BCUT2D eigenvalue weighted by molar-refractivity contribution is -0.119. The Hall–Kier alpha value is -2.34. The third-order valence-electron chi connectivity index (χ3n) is 4.94. The number of benzene rings is 1. The minimum absolute atomic E-state index is 0.212. The molecule has 1 aromatic heterocycles. The van der Waals surface area contributed by atoms with Crippen molar-refractivity contribution in [2.45, 2.75) is 13.3 Å². The summed E-state index contributed by atoms with van der Waals surface area (Å²) in [4.78, 5) is 19.2. The smallest absolute Gasteiger partial charge is 0.241 e. The third kappa shape index (κ3) is 2.89. The number of carbonyl (C=O) groups excluding carboxylic acids is 1. The van der Waals surface area contributed by atoms with Crippen molar-refractivity contribution in [3.63, 3.8) is 0 Å². The Kier molecular flexibility index (Phi) is 3.98. The van der Waals surface area contributed by atoms with Gasteiger partial charge in [-0.25, -0.2) is 0 Å². The zero-order valence-corrected chi connectivity index (χ0v) is 14.0. The number of amides is 1. The van der Waals surface area contributed by atoms with Crippen molar-refractivity contribution >= 4 is 17.4 Å². The van der Waals surface area contributed by atoms with E-state index < -0.39 is 0 Å². The van der Waals surface area contributed by atoms with Crippen LogP contribution in [0.2, 0.25) is 0 Å². The van der Waals surface area contributed by atoms with Crippen LogP contribution in [-0.4, -0.2) is 60.3 Å². The predicted molar refractivity (Wildman–Crippen MR) is 94.5 cm³/mol. The number of hydrogen-bond donors (Lipinski definition) is 1. The fourth-order valence-electron chi connectivity index (χ4n) is 3.57. The van der Waals surface area contributed by atoms with E-state index in [2.05, 4.69) is 38.2 Å². The van der Waals surface area contributed by atoms with Crippen LogP contribution < -0.4 is 9.80 Å². The molecule has 1 N–H and O–H groups in total. The number of piperazine rings is 1. The summed E-state index contributed by atoms with van der Waals surface area (Å²) in [6, 6.07) is 10.3. The summed E-state index contributed by atoms with van der Waals surface area (Å²) in [6.07, 6.45) is 0.966. The van der Waals surface area contributed by atoms with Gasteiger partial charge in [0.05, 0.1) is 6.54 Å². The van der Waals surface area contributed by atoms with Crippen molar-refractivity contribution in [2.75, 3.05) is 49.1 Å². The Morgan fingerprint density at radius 2 is 1.96 bits per heavy atom. The second-order valence-electron chi connectivity index (χ2n) is 6.60. The number of rotatable bonds is 3. The number of aryl methyl sites for hydroxylation is 1. The van der Waals surface area contributed by atoms with Crippen LogP contribution in [-0.2, 0) is 11.2 Å². The van der Waals surface area contributed by atoms with Gasteiger partial charge in [-0.1, -0.05) is 18.2 Å². The van der Waals surface area contributed by atoms with Gasteiger partial charge < -0.3 is 9.80 Å². The minimum atomic E-state index is 0.212. The highest BCUT2D eigenvalue weighted by atomic mass is 16.2. The van der Waals surface area contributed by atoms with E-state index in [4.69, 9.17) is 0 Å². The van der Waals surface area contributed by atoms with Crippen LogP contribution in [0.1, 0.15) is 11.3 Å². The third-order valence-corrected chi connectivity index (χ3v) is 4.94. The summed E-state index contributed by atoms with van der Waals surface area (Å²) >= 11 is 0. The number of anilines is 2. The van der Waals surface area contributed by atoms with Crippen LogP contribution in [0.5, 0.6) is 0 Å². The Balaban J connectivity index is 1.33. The molecule has 4 rings (SSSR count). The maximum absolute atomic E-state index is 12.7. The molecule has 2 aromatic rings. The van der Waals surface area contributed by atoms with Crippen LogP contribution in [0.3, 0.4) is 0 Å². The first-order chi connectivity index (χ1) is 11.7. The van der Waals surface area contributed by atoms with Gasteiger partial charge in [-0.05, 0) is 25.0 Å². The molecule has 0 aliphatic carbocycles. The van der Waals surface area contributed by atoms with E-state index in [1.165, 1.54) is 5.56 Å². The van der Waals surface area contributed by atoms with Crippen molar-refractivity contribution in [3.8, 4) is 0 Å². The normalized spacial score (nSPS) is 18.0. The molecular weight excluding hydrogens is 302 g/mol. The average Bonchev–Trinajstić information content (AvgIpc) is 3.22. The molecule has 0 atom stereocenters. The van der Waals surface area contributed by atoms with Crippen molar-refractivity contribution < 1.29 is 4.79 Å². The monoisotopic (exact) mass is 325 g/mol. The van der Waals surface area contributed by atoms with Gasteiger partial charge in [-0.2, -0.15) is 5.10 Å². The molecule has 2 aliphatic heterocycles. The van der Waals surface area contributed by atoms with E-state index in [-0.39, 0.29) is 5.91 Å². The lowest BCUT2D eigenvalue weighted by atomic mass is 10.2.